The number of halogens is 2. The Morgan fingerprint density at radius 1 is 1.29 bits per heavy atom. The van der Waals surface area contributed by atoms with E-state index in [0.29, 0.717) is 27.4 Å². The number of nitrogens with one attached hydrogen (secondary N) is 1. The SMILES string of the molecule is CC(NC(=O)c1cc2ccc(Cl)cc2n1C)c1cc(Cl)c(C(C)(C)O)[n+](CC2CC2)c1. The van der Waals surface area contributed by atoms with Crippen molar-refractivity contribution >= 4 is 40.0 Å². The minimum Gasteiger partial charge on any atom is -0.379 e. The van der Waals surface area contributed by atoms with Gasteiger partial charge in [0.05, 0.1) is 6.04 Å². The van der Waals surface area contributed by atoms with Crippen molar-refractivity contribution in [2.75, 3.05) is 0 Å². The highest BCUT2D eigenvalue weighted by atomic mass is 35.5. The third-order valence-corrected chi connectivity index (χ3v) is 6.45. The fourth-order valence-corrected chi connectivity index (χ4v) is 4.74. The summed E-state index contributed by atoms with van der Waals surface area (Å²) >= 11 is 12.7. The molecule has 1 aliphatic carbocycles. The average Bonchev–Trinajstić information content (AvgIpc) is 3.42. The molecule has 0 aliphatic heterocycles. The lowest BCUT2D eigenvalue weighted by Gasteiger charge is -2.20. The van der Waals surface area contributed by atoms with Crippen LogP contribution in [0.2, 0.25) is 10.0 Å². The molecule has 2 N–H and O–H groups in total. The monoisotopic (exact) mass is 460 g/mol. The molecule has 1 aromatic carbocycles. The Balaban J connectivity index is 1.62. The van der Waals surface area contributed by atoms with Crippen LogP contribution in [0.1, 0.15) is 61.4 Å². The molecular formula is C24H28Cl2N3O2+. The van der Waals surface area contributed by atoms with Gasteiger partial charge in [0.2, 0.25) is 5.69 Å². The quantitative estimate of drug-likeness (QED) is 0.513. The highest BCUT2D eigenvalue weighted by Crippen LogP contribution is 2.32. The zero-order valence-corrected chi connectivity index (χ0v) is 19.8. The number of carbonyl (C=O) groups excluding carboxylic acids is 1. The van der Waals surface area contributed by atoms with Crippen LogP contribution in [0.4, 0.5) is 0 Å². The number of carbonyl (C=O) groups is 1. The van der Waals surface area contributed by atoms with Crippen LogP contribution >= 0.6 is 23.2 Å². The second kappa shape index (κ2) is 8.12. The fraction of sp³-hybridized carbons (Fsp3) is 0.417. The Kier molecular flexibility index (Phi) is 5.80. The lowest BCUT2D eigenvalue weighted by molar-refractivity contribution is -0.713. The first-order chi connectivity index (χ1) is 14.5. The summed E-state index contributed by atoms with van der Waals surface area (Å²) in [6.07, 6.45) is 4.39. The van der Waals surface area contributed by atoms with Crippen molar-refractivity contribution in [1.29, 1.82) is 0 Å². The molecule has 0 bridgehead atoms. The predicted octanol–water partition coefficient (Wildman–Crippen LogP) is 4.90. The van der Waals surface area contributed by atoms with Gasteiger partial charge in [-0.05, 0) is 57.9 Å². The number of nitrogens with zero attached hydrogens (tertiary/aromatic N) is 2. The smallest absolute Gasteiger partial charge is 0.268 e. The molecule has 1 fully saturated rings. The molecule has 1 aliphatic rings. The average molecular weight is 461 g/mol. The molecule has 31 heavy (non-hydrogen) atoms. The van der Waals surface area contributed by atoms with Gasteiger partial charge in [-0.3, -0.25) is 4.79 Å². The predicted molar refractivity (Wildman–Crippen MR) is 123 cm³/mol. The number of pyridine rings is 1. The van der Waals surface area contributed by atoms with Gasteiger partial charge in [-0.15, -0.1) is 0 Å². The van der Waals surface area contributed by atoms with Gasteiger partial charge in [-0.2, -0.15) is 4.57 Å². The topological polar surface area (TPSA) is 58.1 Å². The zero-order chi connectivity index (χ0) is 22.5. The normalized spacial score (nSPS) is 15.3. The number of benzene rings is 1. The maximum absolute atomic E-state index is 13.0. The summed E-state index contributed by atoms with van der Waals surface area (Å²) in [4.78, 5) is 13.0. The Morgan fingerprint density at radius 2 is 2.00 bits per heavy atom. The molecule has 1 atom stereocenters. The van der Waals surface area contributed by atoms with E-state index in [4.69, 9.17) is 23.2 Å². The third-order valence-electron chi connectivity index (χ3n) is 5.93. The summed E-state index contributed by atoms with van der Waals surface area (Å²) in [6.45, 7) is 6.25. The number of rotatable bonds is 6. The Hall–Kier alpha value is -2.08. The van der Waals surface area contributed by atoms with Crippen LogP contribution in [0, 0.1) is 5.92 Å². The third kappa shape index (κ3) is 4.59. The lowest BCUT2D eigenvalue weighted by atomic mass is 10.0. The van der Waals surface area contributed by atoms with Gasteiger partial charge < -0.3 is 15.0 Å². The number of amides is 1. The Bertz CT molecular complexity index is 1160. The molecular weight excluding hydrogens is 433 g/mol. The van der Waals surface area contributed by atoms with E-state index in [1.54, 1.807) is 13.8 Å². The second-order valence-corrected chi connectivity index (χ2v) is 9.96. The first-order valence-electron chi connectivity index (χ1n) is 10.6. The molecule has 0 spiro atoms. The molecule has 3 aromatic rings. The number of hydrogen-bond donors (Lipinski definition) is 2. The standard InChI is InChI=1S/C24H27Cl2N3O2/c1-14(27-23(30)21-10-16-7-8-18(25)11-20(16)28(21)4)17-9-19(26)22(24(2,3)31)29(13-17)12-15-5-6-15/h7-11,13-15,31H,5-6,12H2,1-4H3/p+1. The molecule has 7 heteroatoms. The van der Waals surface area contributed by atoms with Crippen molar-refractivity contribution in [2.45, 2.75) is 51.8 Å². The van der Waals surface area contributed by atoms with Crippen LogP contribution in [-0.2, 0) is 19.2 Å². The molecule has 164 valence electrons. The van der Waals surface area contributed by atoms with Gasteiger partial charge >= 0.3 is 0 Å². The lowest BCUT2D eigenvalue weighted by Crippen LogP contribution is -2.46. The summed E-state index contributed by atoms with van der Waals surface area (Å²) in [7, 11) is 1.86. The zero-order valence-electron chi connectivity index (χ0n) is 18.2. The van der Waals surface area contributed by atoms with Crippen LogP contribution < -0.4 is 9.88 Å². The van der Waals surface area contributed by atoms with E-state index in [9.17, 15) is 9.90 Å². The number of fused-ring (bicyclic) bond motifs is 1. The van der Waals surface area contributed by atoms with Crippen LogP contribution in [0.3, 0.4) is 0 Å². The summed E-state index contributed by atoms with van der Waals surface area (Å²) in [6, 6.07) is 9.03. The van der Waals surface area contributed by atoms with Crippen LogP contribution in [-0.4, -0.2) is 15.6 Å². The maximum Gasteiger partial charge on any atom is 0.268 e. The van der Waals surface area contributed by atoms with Gasteiger partial charge in [0, 0.05) is 34.5 Å². The molecule has 1 unspecified atom stereocenters. The van der Waals surface area contributed by atoms with E-state index < -0.39 is 5.60 Å². The van der Waals surface area contributed by atoms with Crippen molar-refractivity contribution < 1.29 is 14.5 Å². The van der Waals surface area contributed by atoms with Crippen LogP contribution in [0.5, 0.6) is 0 Å². The number of aromatic nitrogens is 2. The summed E-state index contributed by atoms with van der Waals surface area (Å²) in [5.41, 5.74) is 2.02. The fourth-order valence-electron chi connectivity index (χ4n) is 4.11. The molecule has 4 rings (SSSR count). The molecule has 2 aromatic heterocycles. The van der Waals surface area contributed by atoms with Crippen molar-refractivity contribution in [3.05, 3.63) is 63.5 Å². The maximum atomic E-state index is 13.0. The second-order valence-electron chi connectivity index (χ2n) is 9.11. The van der Waals surface area contributed by atoms with E-state index >= 15 is 0 Å². The molecule has 1 amide bonds. The van der Waals surface area contributed by atoms with E-state index in [1.807, 2.05) is 55.1 Å². The van der Waals surface area contributed by atoms with Crippen LogP contribution in [0.15, 0.2) is 36.5 Å². The van der Waals surface area contributed by atoms with Gasteiger partial charge in [-0.1, -0.05) is 29.3 Å². The minimum atomic E-state index is -1.05. The van der Waals surface area contributed by atoms with E-state index in [0.717, 1.165) is 23.0 Å². The Morgan fingerprint density at radius 3 is 2.65 bits per heavy atom. The van der Waals surface area contributed by atoms with Gasteiger partial charge in [0.15, 0.2) is 12.7 Å². The molecule has 0 saturated heterocycles. The van der Waals surface area contributed by atoms with Crippen molar-refractivity contribution in [2.24, 2.45) is 13.0 Å². The first-order valence-corrected chi connectivity index (χ1v) is 11.3. The van der Waals surface area contributed by atoms with Gasteiger partial charge in [-0.25, -0.2) is 0 Å². The summed E-state index contributed by atoms with van der Waals surface area (Å²) < 4.78 is 3.90. The number of aryl methyl sites for hydroxylation is 1. The number of hydrogen-bond acceptors (Lipinski definition) is 2. The number of aliphatic hydroxyl groups is 1. The van der Waals surface area contributed by atoms with Crippen molar-refractivity contribution in [1.82, 2.24) is 9.88 Å². The van der Waals surface area contributed by atoms with Gasteiger partial charge in [0.25, 0.3) is 5.91 Å². The molecule has 0 radical (unpaired) electrons. The van der Waals surface area contributed by atoms with E-state index in [-0.39, 0.29) is 11.9 Å². The van der Waals surface area contributed by atoms with E-state index in [2.05, 4.69) is 9.88 Å². The van der Waals surface area contributed by atoms with Crippen LogP contribution in [0.25, 0.3) is 10.9 Å². The van der Waals surface area contributed by atoms with Gasteiger partial charge in [0.1, 0.15) is 16.3 Å². The van der Waals surface area contributed by atoms with Crippen molar-refractivity contribution in [3.8, 4) is 0 Å². The van der Waals surface area contributed by atoms with Crippen molar-refractivity contribution in [3.63, 3.8) is 0 Å². The Labute approximate surface area is 192 Å². The first kappa shape index (κ1) is 22.1. The highest BCUT2D eigenvalue weighted by Gasteiger charge is 2.36. The highest BCUT2D eigenvalue weighted by molar-refractivity contribution is 6.31. The minimum absolute atomic E-state index is 0.168. The largest absolute Gasteiger partial charge is 0.379 e. The molecule has 1 saturated carbocycles. The summed E-state index contributed by atoms with van der Waals surface area (Å²) in [5.74, 6) is 0.448. The molecule has 2 heterocycles. The summed E-state index contributed by atoms with van der Waals surface area (Å²) in [5, 5.41) is 15.8. The van der Waals surface area contributed by atoms with E-state index in [1.165, 1.54) is 12.8 Å². The molecule has 5 nitrogen and oxygen atoms in total.